The van der Waals surface area contributed by atoms with Gasteiger partial charge in [0.15, 0.2) is 0 Å². The molecule has 1 aliphatic rings. The molecular weight excluding hydrogens is 393 g/mol. The van der Waals surface area contributed by atoms with Crippen LogP contribution in [0.4, 0.5) is 35.2 Å². The number of carbonyl (C=O) groups excluding carboxylic acids is 1. The van der Waals surface area contributed by atoms with Gasteiger partial charge in [0.1, 0.15) is 5.82 Å². The molecule has 5 nitrogen and oxygen atoms in total. The van der Waals surface area contributed by atoms with E-state index in [0.29, 0.717) is 11.6 Å². The lowest BCUT2D eigenvalue weighted by Gasteiger charge is -2.12. The predicted octanol–water partition coefficient (Wildman–Crippen LogP) is 5.50. The van der Waals surface area contributed by atoms with E-state index in [1.807, 2.05) is 18.2 Å². The largest absolute Gasteiger partial charge is 0.416 e. The van der Waals surface area contributed by atoms with Gasteiger partial charge in [0.05, 0.1) is 5.56 Å². The summed E-state index contributed by atoms with van der Waals surface area (Å²) in [5, 5.41) is 8.35. The number of hydrogen-bond acceptors (Lipinski definition) is 3. The summed E-state index contributed by atoms with van der Waals surface area (Å²) < 4.78 is 38.3. The lowest BCUT2D eigenvalue weighted by Crippen LogP contribution is -2.19. The molecule has 0 saturated heterocycles. The number of carbonyl (C=O) groups is 1. The molecule has 0 spiro atoms. The first-order chi connectivity index (χ1) is 14.4. The Morgan fingerprint density at radius 2 is 1.80 bits per heavy atom. The Balaban J connectivity index is 1.35. The van der Waals surface area contributed by atoms with Crippen molar-refractivity contribution in [2.45, 2.75) is 18.5 Å². The summed E-state index contributed by atoms with van der Waals surface area (Å²) >= 11 is 0. The van der Waals surface area contributed by atoms with Gasteiger partial charge in [-0.3, -0.25) is 0 Å². The Kier molecular flexibility index (Phi) is 5.31. The van der Waals surface area contributed by atoms with Crippen molar-refractivity contribution in [1.29, 1.82) is 0 Å². The third-order valence-electron chi connectivity index (χ3n) is 4.94. The van der Waals surface area contributed by atoms with E-state index in [-0.39, 0.29) is 5.69 Å². The number of amides is 2. The molecule has 1 unspecified atom stereocenters. The zero-order chi connectivity index (χ0) is 21.1. The van der Waals surface area contributed by atoms with Crippen molar-refractivity contribution in [3.63, 3.8) is 0 Å². The van der Waals surface area contributed by atoms with Gasteiger partial charge < -0.3 is 16.0 Å². The van der Waals surface area contributed by atoms with Crippen LogP contribution in [-0.2, 0) is 12.6 Å². The molecule has 0 aliphatic carbocycles. The van der Waals surface area contributed by atoms with E-state index in [0.717, 1.165) is 36.5 Å². The molecule has 1 aromatic heterocycles. The number of nitrogens with zero attached hydrogens (tertiary/aromatic N) is 1. The van der Waals surface area contributed by atoms with Crippen LogP contribution in [0.3, 0.4) is 0 Å². The third kappa shape index (κ3) is 4.53. The number of pyridine rings is 1. The van der Waals surface area contributed by atoms with Gasteiger partial charge in [-0.1, -0.05) is 24.3 Å². The average Bonchev–Trinajstić information content (AvgIpc) is 3.12. The Morgan fingerprint density at radius 3 is 2.57 bits per heavy atom. The topological polar surface area (TPSA) is 66.0 Å². The SMILES string of the molecule is O=C(Nc1ccc(CC2CNc3ncccc32)cc1)Nc1cccc(C(F)(F)F)c1. The first-order valence-electron chi connectivity index (χ1n) is 9.41. The minimum atomic E-state index is -4.46. The Morgan fingerprint density at radius 1 is 1.03 bits per heavy atom. The zero-order valence-electron chi connectivity index (χ0n) is 15.8. The van der Waals surface area contributed by atoms with Gasteiger partial charge in [0.2, 0.25) is 0 Å². The standard InChI is InChI=1S/C22H19F3N4O/c23-22(24,25)16-3-1-4-18(12-16)29-21(30)28-17-8-6-14(7-9-17)11-15-13-27-20-19(15)5-2-10-26-20/h1-10,12,15H,11,13H2,(H,26,27)(H2,28,29,30). The van der Waals surface area contributed by atoms with E-state index >= 15 is 0 Å². The molecule has 3 aromatic rings. The molecule has 4 rings (SSSR count). The lowest BCUT2D eigenvalue weighted by atomic mass is 9.95. The Hall–Kier alpha value is -3.55. The smallest absolute Gasteiger partial charge is 0.369 e. The average molecular weight is 412 g/mol. The maximum Gasteiger partial charge on any atom is 0.416 e. The number of rotatable bonds is 4. The molecule has 2 heterocycles. The van der Waals surface area contributed by atoms with Crippen LogP contribution in [0.5, 0.6) is 0 Å². The number of anilines is 3. The molecule has 3 N–H and O–H groups in total. The number of aromatic nitrogens is 1. The molecule has 2 amide bonds. The van der Waals surface area contributed by atoms with Gasteiger partial charge in [0, 0.05) is 30.0 Å². The molecule has 30 heavy (non-hydrogen) atoms. The number of nitrogens with one attached hydrogen (secondary N) is 3. The lowest BCUT2D eigenvalue weighted by molar-refractivity contribution is -0.137. The molecular formula is C22H19F3N4O. The van der Waals surface area contributed by atoms with Gasteiger partial charge in [-0.05, 0) is 53.9 Å². The molecule has 0 radical (unpaired) electrons. The van der Waals surface area contributed by atoms with Crippen molar-refractivity contribution in [2.24, 2.45) is 0 Å². The second-order valence-electron chi connectivity index (χ2n) is 7.08. The Bertz CT molecular complexity index is 1050. The second kappa shape index (κ2) is 8.06. The van der Waals surface area contributed by atoms with Crippen LogP contribution < -0.4 is 16.0 Å². The summed E-state index contributed by atoms with van der Waals surface area (Å²) in [4.78, 5) is 16.4. The summed E-state index contributed by atoms with van der Waals surface area (Å²) in [6.07, 6.45) is -1.86. The van der Waals surface area contributed by atoms with E-state index in [1.165, 1.54) is 17.7 Å². The van der Waals surface area contributed by atoms with Crippen LogP contribution in [0.25, 0.3) is 0 Å². The van der Waals surface area contributed by atoms with Crippen molar-refractivity contribution < 1.29 is 18.0 Å². The van der Waals surface area contributed by atoms with Crippen molar-refractivity contribution >= 4 is 23.2 Å². The van der Waals surface area contributed by atoms with Crippen LogP contribution in [0, 0.1) is 0 Å². The van der Waals surface area contributed by atoms with Crippen molar-refractivity contribution in [3.8, 4) is 0 Å². The molecule has 2 aromatic carbocycles. The Labute approximate surface area is 171 Å². The second-order valence-corrected chi connectivity index (χ2v) is 7.08. The quantitative estimate of drug-likeness (QED) is 0.530. The van der Waals surface area contributed by atoms with Crippen molar-refractivity contribution in [2.75, 3.05) is 22.5 Å². The first-order valence-corrected chi connectivity index (χ1v) is 9.41. The van der Waals surface area contributed by atoms with Crippen molar-refractivity contribution in [1.82, 2.24) is 4.98 Å². The minimum absolute atomic E-state index is 0.0694. The first kappa shape index (κ1) is 19.8. The molecule has 0 fully saturated rings. The number of alkyl halides is 3. The monoisotopic (exact) mass is 412 g/mol. The van der Waals surface area contributed by atoms with Gasteiger partial charge in [-0.15, -0.1) is 0 Å². The highest BCUT2D eigenvalue weighted by atomic mass is 19.4. The number of benzene rings is 2. The zero-order valence-corrected chi connectivity index (χ0v) is 15.8. The van der Waals surface area contributed by atoms with Crippen LogP contribution in [0.15, 0.2) is 66.9 Å². The molecule has 1 atom stereocenters. The predicted molar refractivity (Wildman–Crippen MR) is 110 cm³/mol. The van der Waals surface area contributed by atoms with Gasteiger partial charge >= 0.3 is 12.2 Å². The highest BCUT2D eigenvalue weighted by molar-refractivity contribution is 5.99. The van der Waals surface area contributed by atoms with E-state index in [1.54, 1.807) is 18.3 Å². The highest BCUT2D eigenvalue weighted by Gasteiger charge is 2.30. The summed E-state index contributed by atoms with van der Waals surface area (Å²) in [5.41, 5.74) is 2.11. The van der Waals surface area contributed by atoms with Crippen LogP contribution in [-0.4, -0.2) is 17.6 Å². The van der Waals surface area contributed by atoms with Crippen molar-refractivity contribution in [3.05, 3.63) is 83.6 Å². The summed E-state index contributed by atoms with van der Waals surface area (Å²) in [6, 6.07) is 15.3. The maximum atomic E-state index is 12.8. The number of urea groups is 1. The van der Waals surface area contributed by atoms with Gasteiger partial charge in [0.25, 0.3) is 0 Å². The van der Waals surface area contributed by atoms with E-state index in [9.17, 15) is 18.0 Å². The van der Waals surface area contributed by atoms with E-state index < -0.39 is 17.8 Å². The fourth-order valence-corrected chi connectivity index (χ4v) is 3.48. The fourth-order valence-electron chi connectivity index (χ4n) is 3.48. The number of halogens is 3. The van der Waals surface area contributed by atoms with Crippen LogP contribution >= 0.6 is 0 Å². The summed E-state index contributed by atoms with van der Waals surface area (Å²) in [5.74, 6) is 1.25. The fraction of sp³-hybridized carbons (Fsp3) is 0.182. The van der Waals surface area contributed by atoms with Gasteiger partial charge in [-0.2, -0.15) is 13.2 Å². The molecule has 154 valence electrons. The maximum absolute atomic E-state index is 12.8. The van der Waals surface area contributed by atoms with E-state index in [4.69, 9.17) is 0 Å². The van der Waals surface area contributed by atoms with Gasteiger partial charge in [-0.25, -0.2) is 9.78 Å². The molecule has 8 heteroatoms. The minimum Gasteiger partial charge on any atom is -0.369 e. The van der Waals surface area contributed by atoms with Crippen LogP contribution in [0.1, 0.15) is 22.6 Å². The third-order valence-corrected chi connectivity index (χ3v) is 4.94. The highest BCUT2D eigenvalue weighted by Crippen LogP contribution is 2.32. The number of hydrogen-bond donors (Lipinski definition) is 3. The molecule has 0 bridgehead atoms. The summed E-state index contributed by atoms with van der Waals surface area (Å²) in [7, 11) is 0. The summed E-state index contributed by atoms with van der Waals surface area (Å²) in [6.45, 7) is 0.825. The van der Waals surface area contributed by atoms with E-state index in [2.05, 4.69) is 27.0 Å². The molecule has 0 saturated carbocycles. The molecule has 1 aliphatic heterocycles. The number of fused-ring (bicyclic) bond motifs is 1. The normalized spacial score (nSPS) is 15.2. The van der Waals surface area contributed by atoms with Crippen LogP contribution in [0.2, 0.25) is 0 Å².